The highest BCUT2D eigenvalue weighted by Crippen LogP contribution is 2.16. The molecular weight excluding hydrogens is 232 g/mol. The second kappa shape index (κ2) is 6.96. The van der Waals surface area contributed by atoms with Gasteiger partial charge in [0.15, 0.2) is 0 Å². The standard InChI is InChI=1S/C13H20N2O3/c1-4-18-13(17)10-6-5-7-14-12(10)15-11(8-16)9(2)3/h5-7,9,11,16H,4,8H2,1-3H3,(H,14,15)/t11-/m1/s1. The summed E-state index contributed by atoms with van der Waals surface area (Å²) in [5, 5.41) is 12.4. The van der Waals surface area contributed by atoms with Crippen LogP contribution in [0.4, 0.5) is 5.82 Å². The Morgan fingerprint density at radius 1 is 1.56 bits per heavy atom. The van der Waals surface area contributed by atoms with Crippen LogP contribution < -0.4 is 5.32 Å². The SMILES string of the molecule is CCOC(=O)c1cccnc1N[C@H](CO)C(C)C. The number of ether oxygens (including phenoxy) is 1. The Hall–Kier alpha value is -1.62. The molecule has 0 saturated heterocycles. The van der Waals surface area contributed by atoms with Gasteiger partial charge in [0.05, 0.1) is 19.3 Å². The number of aromatic nitrogens is 1. The Kier molecular flexibility index (Phi) is 5.58. The number of esters is 1. The molecule has 2 N–H and O–H groups in total. The molecule has 1 aromatic rings. The maximum Gasteiger partial charge on any atom is 0.341 e. The van der Waals surface area contributed by atoms with Crippen LogP contribution in [0.5, 0.6) is 0 Å². The first kappa shape index (κ1) is 14.4. The number of hydrogen-bond acceptors (Lipinski definition) is 5. The summed E-state index contributed by atoms with van der Waals surface area (Å²) < 4.78 is 4.96. The number of carbonyl (C=O) groups is 1. The van der Waals surface area contributed by atoms with Crippen LogP contribution in [0.1, 0.15) is 31.1 Å². The predicted molar refractivity (Wildman–Crippen MR) is 69.5 cm³/mol. The van der Waals surface area contributed by atoms with Gasteiger partial charge in [-0.25, -0.2) is 9.78 Å². The summed E-state index contributed by atoms with van der Waals surface area (Å²) in [6, 6.07) is 3.19. The van der Waals surface area contributed by atoms with E-state index in [0.717, 1.165) is 0 Å². The summed E-state index contributed by atoms with van der Waals surface area (Å²) in [5.41, 5.74) is 0.387. The summed E-state index contributed by atoms with van der Waals surface area (Å²) in [5.74, 6) is 0.268. The molecule has 0 radical (unpaired) electrons. The Labute approximate surface area is 107 Å². The van der Waals surface area contributed by atoms with Gasteiger partial charge in [0.1, 0.15) is 11.4 Å². The van der Waals surface area contributed by atoms with Gasteiger partial charge in [0.25, 0.3) is 0 Å². The molecule has 0 aliphatic carbocycles. The highest BCUT2D eigenvalue weighted by molar-refractivity contribution is 5.94. The lowest BCUT2D eigenvalue weighted by Crippen LogP contribution is -2.30. The van der Waals surface area contributed by atoms with E-state index in [1.54, 1.807) is 25.3 Å². The predicted octanol–water partition coefficient (Wildman–Crippen LogP) is 1.69. The molecule has 100 valence electrons. The van der Waals surface area contributed by atoms with Crippen LogP contribution >= 0.6 is 0 Å². The number of hydrogen-bond donors (Lipinski definition) is 2. The highest BCUT2D eigenvalue weighted by atomic mass is 16.5. The van der Waals surface area contributed by atoms with Gasteiger partial charge in [-0.2, -0.15) is 0 Å². The van der Waals surface area contributed by atoms with Crippen LogP contribution in [0.15, 0.2) is 18.3 Å². The van der Waals surface area contributed by atoms with Gasteiger partial charge in [-0.05, 0) is 25.0 Å². The third kappa shape index (κ3) is 3.70. The maximum atomic E-state index is 11.7. The van der Waals surface area contributed by atoms with Crippen molar-refractivity contribution in [3.63, 3.8) is 0 Å². The molecular formula is C13H20N2O3. The van der Waals surface area contributed by atoms with Crippen molar-refractivity contribution in [2.45, 2.75) is 26.8 Å². The Morgan fingerprint density at radius 2 is 2.28 bits per heavy atom. The van der Waals surface area contributed by atoms with Crippen molar-refractivity contribution < 1.29 is 14.6 Å². The fourth-order valence-electron chi connectivity index (χ4n) is 1.49. The molecule has 0 unspecified atom stereocenters. The lowest BCUT2D eigenvalue weighted by molar-refractivity contribution is 0.0527. The lowest BCUT2D eigenvalue weighted by atomic mass is 10.1. The molecule has 5 nitrogen and oxygen atoms in total. The fraction of sp³-hybridized carbons (Fsp3) is 0.538. The number of nitrogens with zero attached hydrogens (tertiary/aromatic N) is 1. The van der Waals surface area contributed by atoms with E-state index in [1.807, 2.05) is 13.8 Å². The molecule has 0 saturated carbocycles. The van der Waals surface area contributed by atoms with Gasteiger partial charge in [0.2, 0.25) is 0 Å². The molecule has 5 heteroatoms. The van der Waals surface area contributed by atoms with E-state index in [0.29, 0.717) is 18.0 Å². The van der Waals surface area contributed by atoms with E-state index < -0.39 is 5.97 Å². The number of nitrogens with one attached hydrogen (secondary N) is 1. The molecule has 1 aromatic heterocycles. The zero-order valence-corrected chi connectivity index (χ0v) is 11.0. The molecule has 0 aliphatic rings. The fourth-order valence-corrected chi connectivity index (χ4v) is 1.49. The van der Waals surface area contributed by atoms with Crippen molar-refractivity contribution in [1.29, 1.82) is 0 Å². The van der Waals surface area contributed by atoms with Gasteiger partial charge >= 0.3 is 5.97 Å². The largest absolute Gasteiger partial charge is 0.462 e. The molecule has 0 spiro atoms. The van der Waals surface area contributed by atoms with Crippen molar-refractivity contribution in [1.82, 2.24) is 4.98 Å². The summed E-state index contributed by atoms with van der Waals surface area (Å²) in [4.78, 5) is 15.9. The molecule has 18 heavy (non-hydrogen) atoms. The molecule has 0 bridgehead atoms. The van der Waals surface area contributed by atoms with Crippen LogP contribution in [0.2, 0.25) is 0 Å². The smallest absolute Gasteiger partial charge is 0.341 e. The van der Waals surface area contributed by atoms with Crippen LogP contribution in [0.25, 0.3) is 0 Å². The minimum Gasteiger partial charge on any atom is -0.462 e. The third-order valence-electron chi connectivity index (χ3n) is 2.63. The van der Waals surface area contributed by atoms with Gasteiger partial charge in [-0.3, -0.25) is 0 Å². The van der Waals surface area contributed by atoms with Crippen LogP contribution in [-0.2, 0) is 4.74 Å². The van der Waals surface area contributed by atoms with Gasteiger partial charge < -0.3 is 15.2 Å². The first-order chi connectivity index (χ1) is 8.60. The number of aliphatic hydroxyl groups is 1. The second-order valence-electron chi connectivity index (χ2n) is 4.30. The molecule has 1 rings (SSSR count). The summed E-state index contributed by atoms with van der Waals surface area (Å²) in [6.45, 7) is 6.03. The van der Waals surface area contributed by atoms with Crippen molar-refractivity contribution in [3.8, 4) is 0 Å². The average molecular weight is 252 g/mol. The quantitative estimate of drug-likeness (QED) is 0.754. The maximum absolute atomic E-state index is 11.7. The van der Waals surface area contributed by atoms with E-state index in [1.165, 1.54) is 0 Å². The van der Waals surface area contributed by atoms with E-state index in [-0.39, 0.29) is 18.6 Å². The number of rotatable bonds is 6. The monoisotopic (exact) mass is 252 g/mol. The van der Waals surface area contributed by atoms with E-state index in [4.69, 9.17) is 4.74 Å². The molecule has 0 aromatic carbocycles. The molecule has 0 fully saturated rings. The zero-order chi connectivity index (χ0) is 13.5. The molecule has 0 amide bonds. The minimum atomic E-state index is -0.409. The van der Waals surface area contributed by atoms with E-state index in [2.05, 4.69) is 10.3 Å². The van der Waals surface area contributed by atoms with Gasteiger partial charge in [-0.1, -0.05) is 13.8 Å². The van der Waals surface area contributed by atoms with Gasteiger partial charge in [-0.15, -0.1) is 0 Å². The lowest BCUT2D eigenvalue weighted by Gasteiger charge is -2.21. The minimum absolute atomic E-state index is 0.0174. The summed E-state index contributed by atoms with van der Waals surface area (Å²) >= 11 is 0. The topological polar surface area (TPSA) is 71.5 Å². The number of aliphatic hydroxyl groups excluding tert-OH is 1. The first-order valence-corrected chi connectivity index (χ1v) is 6.09. The normalized spacial score (nSPS) is 12.3. The molecule has 1 heterocycles. The zero-order valence-electron chi connectivity index (χ0n) is 11.0. The Morgan fingerprint density at radius 3 is 2.83 bits per heavy atom. The van der Waals surface area contributed by atoms with Crippen LogP contribution in [0, 0.1) is 5.92 Å². The number of anilines is 1. The second-order valence-corrected chi connectivity index (χ2v) is 4.30. The van der Waals surface area contributed by atoms with E-state index in [9.17, 15) is 9.90 Å². The van der Waals surface area contributed by atoms with Crippen LogP contribution in [0.3, 0.4) is 0 Å². The number of pyridine rings is 1. The first-order valence-electron chi connectivity index (χ1n) is 6.09. The molecule has 1 atom stereocenters. The summed E-state index contributed by atoms with van der Waals surface area (Å²) in [6.07, 6.45) is 1.60. The van der Waals surface area contributed by atoms with E-state index >= 15 is 0 Å². The summed E-state index contributed by atoms with van der Waals surface area (Å²) in [7, 11) is 0. The third-order valence-corrected chi connectivity index (χ3v) is 2.63. The van der Waals surface area contributed by atoms with Crippen molar-refractivity contribution in [2.75, 3.05) is 18.5 Å². The van der Waals surface area contributed by atoms with Crippen LogP contribution in [-0.4, -0.2) is 35.3 Å². The number of carbonyl (C=O) groups excluding carboxylic acids is 1. The Bertz CT molecular complexity index is 394. The van der Waals surface area contributed by atoms with Crippen molar-refractivity contribution in [2.24, 2.45) is 5.92 Å². The van der Waals surface area contributed by atoms with Gasteiger partial charge in [0, 0.05) is 6.20 Å². The van der Waals surface area contributed by atoms with Crippen molar-refractivity contribution >= 4 is 11.8 Å². The molecule has 0 aliphatic heterocycles. The highest BCUT2D eigenvalue weighted by Gasteiger charge is 2.18. The van der Waals surface area contributed by atoms with Crippen molar-refractivity contribution in [3.05, 3.63) is 23.9 Å². The average Bonchev–Trinajstić information content (AvgIpc) is 2.36. The Balaban J connectivity index is 2.91.